The molecule has 108 valence electrons. The molecule has 0 bridgehead atoms. The molecular weight excluding hydrogens is 280 g/mol. The van der Waals surface area contributed by atoms with Crippen molar-refractivity contribution in [1.29, 1.82) is 0 Å². The molecule has 1 aromatic rings. The summed E-state index contributed by atoms with van der Waals surface area (Å²) >= 11 is 5.81. The number of aliphatic carboxylic acids is 1. The Morgan fingerprint density at radius 2 is 2.20 bits per heavy atom. The van der Waals surface area contributed by atoms with Crippen molar-refractivity contribution in [3.05, 3.63) is 28.8 Å². The highest BCUT2D eigenvalue weighted by molar-refractivity contribution is 6.33. The van der Waals surface area contributed by atoms with Crippen LogP contribution in [0.4, 0.5) is 5.69 Å². The average Bonchev–Trinajstić information content (AvgIpc) is 2.75. The summed E-state index contributed by atoms with van der Waals surface area (Å²) in [6.45, 7) is 1.67. The normalized spacial score (nSPS) is 25.4. The van der Waals surface area contributed by atoms with Gasteiger partial charge in [-0.15, -0.1) is 0 Å². The molecule has 1 aliphatic carbocycles. The minimum Gasteiger partial charge on any atom is -0.481 e. The van der Waals surface area contributed by atoms with Gasteiger partial charge >= 0.3 is 5.97 Å². The molecule has 5 nitrogen and oxygen atoms in total. The Balaban J connectivity index is 2.15. The summed E-state index contributed by atoms with van der Waals surface area (Å²) in [6, 6.07) is 4.24. The Kier molecular flexibility index (Phi) is 3.90. The second-order valence-corrected chi connectivity index (χ2v) is 5.78. The van der Waals surface area contributed by atoms with E-state index in [9.17, 15) is 14.7 Å². The topological polar surface area (TPSA) is 92.4 Å². The molecule has 2 atom stereocenters. The second kappa shape index (κ2) is 5.32. The van der Waals surface area contributed by atoms with Crippen molar-refractivity contribution >= 4 is 29.2 Å². The van der Waals surface area contributed by atoms with Crippen molar-refractivity contribution in [2.24, 2.45) is 5.41 Å². The number of carbonyl (C=O) groups is 2. The summed E-state index contributed by atoms with van der Waals surface area (Å²) in [5, 5.41) is 12.5. The summed E-state index contributed by atoms with van der Waals surface area (Å²) in [6.07, 6.45) is 2.02. The van der Waals surface area contributed by atoms with Crippen LogP contribution in [0.2, 0.25) is 5.02 Å². The number of nitrogen functional groups attached to an aromatic ring is 1. The van der Waals surface area contributed by atoms with Gasteiger partial charge in [0.15, 0.2) is 0 Å². The molecule has 0 spiro atoms. The molecule has 4 N–H and O–H groups in total. The van der Waals surface area contributed by atoms with Gasteiger partial charge in [-0.2, -0.15) is 0 Å². The van der Waals surface area contributed by atoms with Crippen LogP contribution in [0.25, 0.3) is 0 Å². The molecule has 1 saturated carbocycles. The Morgan fingerprint density at radius 1 is 1.50 bits per heavy atom. The van der Waals surface area contributed by atoms with Gasteiger partial charge < -0.3 is 16.2 Å². The molecule has 6 heteroatoms. The Bertz CT molecular complexity index is 561. The lowest BCUT2D eigenvalue weighted by Gasteiger charge is -2.27. The van der Waals surface area contributed by atoms with Crippen LogP contribution in [-0.4, -0.2) is 23.0 Å². The number of hydrogen-bond donors (Lipinski definition) is 3. The third-order valence-electron chi connectivity index (χ3n) is 4.01. The van der Waals surface area contributed by atoms with Crippen LogP contribution < -0.4 is 11.1 Å². The van der Waals surface area contributed by atoms with E-state index in [0.29, 0.717) is 29.1 Å². The smallest absolute Gasteiger partial charge is 0.311 e. The van der Waals surface area contributed by atoms with Crippen LogP contribution in [0, 0.1) is 5.41 Å². The van der Waals surface area contributed by atoms with Crippen LogP contribution in [0.3, 0.4) is 0 Å². The molecule has 1 fully saturated rings. The van der Waals surface area contributed by atoms with Crippen LogP contribution in [-0.2, 0) is 4.79 Å². The summed E-state index contributed by atoms with van der Waals surface area (Å²) < 4.78 is 0. The third-order valence-corrected chi connectivity index (χ3v) is 4.35. The zero-order chi connectivity index (χ0) is 14.9. The largest absolute Gasteiger partial charge is 0.481 e. The van der Waals surface area contributed by atoms with Crippen LogP contribution >= 0.6 is 11.6 Å². The lowest BCUT2D eigenvalue weighted by atomic mass is 9.85. The summed E-state index contributed by atoms with van der Waals surface area (Å²) in [5.41, 5.74) is 5.46. The van der Waals surface area contributed by atoms with Crippen molar-refractivity contribution in [2.75, 3.05) is 5.73 Å². The number of nitrogens with two attached hydrogens (primary N) is 1. The first-order chi connectivity index (χ1) is 9.34. The maximum atomic E-state index is 12.2. The van der Waals surface area contributed by atoms with Gasteiger partial charge in [0.25, 0.3) is 5.91 Å². The lowest BCUT2D eigenvalue weighted by Crippen LogP contribution is -2.47. The molecule has 0 saturated heterocycles. The molecule has 1 aromatic carbocycles. The molecule has 0 aliphatic heterocycles. The first-order valence-electron chi connectivity index (χ1n) is 6.44. The fraction of sp³-hybridized carbons (Fsp3) is 0.429. The highest BCUT2D eigenvalue weighted by atomic mass is 35.5. The average molecular weight is 297 g/mol. The summed E-state index contributed by atoms with van der Waals surface area (Å²) in [4.78, 5) is 23.5. The number of carbonyl (C=O) groups excluding carboxylic acids is 1. The van der Waals surface area contributed by atoms with E-state index in [4.69, 9.17) is 17.3 Å². The number of nitrogens with one attached hydrogen (secondary N) is 1. The first-order valence-corrected chi connectivity index (χ1v) is 6.81. The Hall–Kier alpha value is -1.75. The molecular formula is C14H17ClN2O3. The monoisotopic (exact) mass is 296 g/mol. The quantitative estimate of drug-likeness (QED) is 0.746. The first kappa shape index (κ1) is 14.7. The fourth-order valence-electron chi connectivity index (χ4n) is 2.58. The number of benzene rings is 1. The predicted octanol–water partition coefficient (Wildman–Crippen LogP) is 2.30. The van der Waals surface area contributed by atoms with Gasteiger partial charge in [-0.25, -0.2) is 0 Å². The van der Waals surface area contributed by atoms with Crippen LogP contribution in [0.5, 0.6) is 0 Å². The fourth-order valence-corrected chi connectivity index (χ4v) is 2.70. The van der Waals surface area contributed by atoms with E-state index in [1.54, 1.807) is 19.1 Å². The molecule has 20 heavy (non-hydrogen) atoms. The van der Waals surface area contributed by atoms with Crippen LogP contribution in [0.1, 0.15) is 36.5 Å². The number of amides is 1. The SMILES string of the molecule is CC1(C(=O)O)CCCC1NC(=O)c1ccc(Cl)c(N)c1. The van der Waals surface area contributed by atoms with Crippen molar-refractivity contribution in [2.45, 2.75) is 32.2 Å². The van der Waals surface area contributed by atoms with Gasteiger partial charge in [-0.05, 0) is 38.0 Å². The molecule has 1 amide bonds. The molecule has 0 aromatic heterocycles. The number of carboxylic acids is 1. The van der Waals surface area contributed by atoms with E-state index in [1.807, 2.05) is 0 Å². The van der Waals surface area contributed by atoms with Gasteiger partial charge in [0.2, 0.25) is 0 Å². The van der Waals surface area contributed by atoms with Crippen molar-refractivity contribution in [3.63, 3.8) is 0 Å². The zero-order valence-corrected chi connectivity index (χ0v) is 11.9. The van der Waals surface area contributed by atoms with E-state index < -0.39 is 11.4 Å². The molecule has 0 heterocycles. The van der Waals surface area contributed by atoms with Crippen molar-refractivity contribution in [1.82, 2.24) is 5.32 Å². The number of carboxylic acid groups (broad SMARTS) is 1. The van der Waals surface area contributed by atoms with Crippen molar-refractivity contribution in [3.8, 4) is 0 Å². The maximum absolute atomic E-state index is 12.2. The number of hydrogen-bond acceptors (Lipinski definition) is 3. The number of halogens is 1. The zero-order valence-electron chi connectivity index (χ0n) is 11.1. The summed E-state index contributed by atoms with van der Waals surface area (Å²) in [7, 11) is 0. The Morgan fingerprint density at radius 3 is 2.80 bits per heavy atom. The predicted molar refractivity (Wildman–Crippen MR) is 76.7 cm³/mol. The number of rotatable bonds is 3. The van der Waals surface area contributed by atoms with Crippen molar-refractivity contribution < 1.29 is 14.7 Å². The molecule has 0 radical (unpaired) electrons. The van der Waals surface area contributed by atoms with E-state index in [-0.39, 0.29) is 11.9 Å². The minimum absolute atomic E-state index is 0.326. The highest BCUT2D eigenvalue weighted by Crippen LogP contribution is 2.38. The molecule has 2 unspecified atom stereocenters. The second-order valence-electron chi connectivity index (χ2n) is 5.38. The van der Waals surface area contributed by atoms with Gasteiger partial charge in [-0.1, -0.05) is 18.0 Å². The van der Waals surface area contributed by atoms with E-state index in [2.05, 4.69) is 5.32 Å². The van der Waals surface area contributed by atoms with Crippen LogP contribution in [0.15, 0.2) is 18.2 Å². The minimum atomic E-state index is -0.909. The third kappa shape index (κ3) is 2.58. The van der Waals surface area contributed by atoms with Gasteiger partial charge in [0.1, 0.15) is 0 Å². The van der Waals surface area contributed by atoms with Gasteiger partial charge in [0.05, 0.1) is 16.1 Å². The van der Waals surface area contributed by atoms with E-state index >= 15 is 0 Å². The Labute approximate surface area is 122 Å². The summed E-state index contributed by atoms with van der Waals surface area (Å²) in [5.74, 6) is -1.20. The van der Waals surface area contributed by atoms with E-state index in [1.165, 1.54) is 6.07 Å². The van der Waals surface area contributed by atoms with E-state index in [0.717, 1.165) is 6.42 Å². The standard InChI is InChI=1S/C14H17ClN2O3/c1-14(13(19)20)6-2-3-11(14)17-12(18)8-4-5-9(15)10(16)7-8/h4-5,7,11H,2-3,6,16H2,1H3,(H,17,18)(H,19,20). The lowest BCUT2D eigenvalue weighted by molar-refractivity contribution is -0.148. The molecule has 2 rings (SSSR count). The number of anilines is 1. The van der Waals surface area contributed by atoms with Gasteiger partial charge in [-0.3, -0.25) is 9.59 Å². The maximum Gasteiger partial charge on any atom is 0.311 e. The highest BCUT2D eigenvalue weighted by Gasteiger charge is 2.45. The van der Waals surface area contributed by atoms with Gasteiger partial charge in [0, 0.05) is 11.6 Å². The molecule has 1 aliphatic rings.